The van der Waals surface area contributed by atoms with E-state index in [2.05, 4.69) is 35.1 Å². The lowest BCUT2D eigenvalue weighted by Gasteiger charge is -2.31. The second kappa shape index (κ2) is 4.50. The molecule has 0 aliphatic heterocycles. The number of rotatable bonds is 5. The van der Waals surface area contributed by atoms with Gasteiger partial charge < -0.3 is 5.32 Å². The standard InChI is InChI=1S/C15H24BrNO/c1-3-15(4-2,8-16)17-14(18)13-11-9-5-6-10(7-9)12(11)13/h9-13H,3-8H2,1-2H3,(H,17,18). The highest BCUT2D eigenvalue weighted by Gasteiger charge is 2.67. The summed E-state index contributed by atoms with van der Waals surface area (Å²) in [5.74, 6) is 4.00. The molecule has 3 aliphatic rings. The second-order valence-corrected chi connectivity index (χ2v) is 7.18. The van der Waals surface area contributed by atoms with E-state index in [9.17, 15) is 4.79 Å². The fourth-order valence-corrected chi connectivity index (χ4v) is 5.60. The lowest BCUT2D eigenvalue weighted by atomic mass is 9.94. The molecule has 4 unspecified atom stereocenters. The molecule has 0 aromatic rings. The predicted molar refractivity (Wildman–Crippen MR) is 76.6 cm³/mol. The van der Waals surface area contributed by atoms with E-state index in [1.165, 1.54) is 19.3 Å². The first-order chi connectivity index (χ1) is 8.65. The highest BCUT2D eigenvalue weighted by atomic mass is 79.9. The summed E-state index contributed by atoms with van der Waals surface area (Å²) < 4.78 is 0. The van der Waals surface area contributed by atoms with E-state index in [1.54, 1.807) is 0 Å². The van der Waals surface area contributed by atoms with Crippen LogP contribution in [0.4, 0.5) is 0 Å². The highest BCUT2D eigenvalue weighted by molar-refractivity contribution is 9.09. The van der Waals surface area contributed by atoms with Crippen LogP contribution in [0.2, 0.25) is 0 Å². The van der Waals surface area contributed by atoms with Gasteiger partial charge in [-0.05, 0) is 55.8 Å². The maximum Gasteiger partial charge on any atom is 0.224 e. The molecule has 18 heavy (non-hydrogen) atoms. The van der Waals surface area contributed by atoms with Crippen LogP contribution in [0.3, 0.4) is 0 Å². The summed E-state index contributed by atoms with van der Waals surface area (Å²) in [5.41, 5.74) is -0.0208. The van der Waals surface area contributed by atoms with Crippen molar-refractivity contribution in [3.8, 4) is 0 Å². The zero-order chi connectivity index (χ0) is 12.9. The number of amides is 1. The molecule has 0 aromatic heterocycles. The van der Waals surface area contributed by atoms with E-state index >= 15 is 0 Å². The first-order valence-corrected chi connectivity index (χ1v) is 8.66. The van der Waals surface area contributed by atoms with Gasteiger partial charge in [-0.15, -0.1) is 0 Å². The van der Waals surface area contributed by atoms with Crippen molar-refractivity contribution in [1.29, 1.82) is 0 Å². The monoisotopic (exact) mass is 313 g/mol. The van der Waals surface area contributed by atoms with Gasteiger partial charge in [0.15, 0.2) is 0 Å². The molecule has 4 atom stereocenters. The Balaban J connectivity index is 1.64. The van der Waals surface area contributed by atoms with E-state index < -0.39 is 0 Å². The van der Waals surface area contributed by atoms with E-state index in [1.807, 2.05) is 0 Å². The van der Waals surface area contributed by atoms with Crippen molar-refractivity contribution in [2.75, 3.05) is 5.33 Å². The third-order valence-corrected chi connectivity index (χ3v) is 7.11. The molecule has 3 fully saturated rings. The molecule has 3 aliphatic carbocycles. The number of halogens is 1. The Kier molecular flexibility index (Phi) is 3.24. The van der Waals surface area contributed by atoms with Crippen molar-refractivity contribution in [3.63, 3.8) is 0 Å². The molecule has 0 saturated heterocycles. The highest BCUT2D eigenvalue weighted by Crippen LogP contribution is 2.69. The molecule has 3 rings (SSSR count). The molecule has 3 saturated carbocycles. The smallest absolute Gasteiger partial charge is 0.224 e. The summed E-state index contributed by atoms with van der Waals surface area (Å²) >= 11 is 3.57. The van der Waals surface area contributed by atoms with Crippen molar-refractivity contribution in [2.24, 2.45) is 29.6 Å². The van der Waals surface area contributed by atoms with Crippen molar-refractivity contribution in [3.05, 3.63) is 0 Å². The minimum Gasteiger partial charge on any atom is -0.350 e. The molecule has 0 radical (unpaired) electrons. The molecule has 2 nitrogen and oxygen atoms in total. The fraction of sp³-hybridized carbons (Fsp3) is 0.933. The molecular formula is C15H24BrNO. The number of carbonyl (C=O) groups excluding carboxylic acids is 1. The minimum atomic E-state index is -0.0208. The van der Waals surface area contributed by atoms with Crippen molar-refractivity contribution >= 4 is 21.8 Å². The summed E-state index contributed by atoms with van der Waals surface area (Å²) in [6.45, 7) is 4.34. The quantitative estimate of drug-likeness (QED) is 0.775. The lowest BCUT2D eigenvalue weighted by Crippen LogP contribution is -2.50. The third kappa shape index (κ3) is 1.76. The van der Waals surface area contributed by atoms with Gasteiger partial charge in [0, 0.05) is 16.8 Å². The summed E-state index contributed by atoms with van der Waals surface area (Å²) in [5, 5.41) is 4.22. The number of hydrogen-bond donors (Lipinski definition) is 1. The van der Waals surface area contributed by atoms with E-state index in [-0.39, 0.29) is 5.54 Å². The number of hydrogen-bond acceptors (Lipinski definition) is 1. The van der Waals surface area contributed by atoms with E-state index in [0.29, 0.717) is 11.8 Å². The molecule has 3 heteroatoms. The molecule has 0 heterocycles. The van der Waals surface area contributed by atoms with Crippen LogP contribution in [0.1, 0.15) is 46.0 Å². The van der Waals surface area contributed by atoms with Crippen molar-refractivity contribution in [1.82, 2.24) is 5.32 Å². The normalized spacial score (nSPS) is 40.7. The second-order valence-electron chi connectivity index (χ2n) is 6.62. The van der Waals surface area contributed by atoms with Gasteiger partial charge in [-0.25, -0.2) is 0 Å². The summed E-state index contributed by atoms with van der Waals surface area (Å²) in [6, 6.07) is 0. The third-order valence-electron chi connectivity index (χ3n) is 6.04. The van der Waals surface area contributed by atoms with Crippen molar-refractivity contribution in [2.45, 2.75) is 51.5 Å². The molecule has 2 bridgehead atoms. The van der Waals surface area contributed by atoms with Gasteiger partial charge in [0.05, 0.1) is 0 Å². The molecule has 0 aromatic carbocycles. The topological polar surface area (TPSA) is 29.1 Å². The van der Waals surface area contributed by atoms with E-state index in [0.717, 1.165) is 41.8 Å². The molecule has 1 amide bonds. The van der Waals surface area contributed by atoms with Gasteiger partial charge in [0.25, 0.3) is 0 Å². The van der Waals surface area contributed by atoms with Crippen LogP contribution in [0, 0.1) is 29.6 Å². The summed E-state index contributed by atoms with van der Waals surface area (Å²) in [7, 11) is 0. The maximum absolute atomic E-state index is 12.5. The number of carbonyl (C=O) groups is 1. The summed E-state index contributed by atoms with van der Waals surface area (Å²) in [4.78, 5) is 12.5. The molecule has 0 spiro atoms. The summed E-state index contributed by atoms with van der Waals surface area (Å²) in [6.07, 6.45) is 6.22. The fourth-order valence-electron chi connectivity index (χ4n) is 4.67. The minimum absolute atomic E-state index is 0.0208. The van der Waals surface area contributed by atoms with Gasteiger partial charge in [0.1, 0.15) is 0 Å². The van der Waals surface area contributed by atoms with Crippen LogP contribution < -0.4 is 5.32 Å². The zero-order valence-corrected chi connectivity index (χ0v) is 13.0. The first kappa shape index (κ1) is 13.0. The molecule has 102 valence electrons. The van der Waals surface area contributed by atoms with Gasteiger partial charge in [-0.2, -0.15) is 0 Å². The number of nitrogens with one attached hydrogen (secondary N) is 1. The Hall–Kier alpha value is -0.0500. The van der Waals surface area contributed by atoms with Gasteiger partial charge >= 0.3 is 0 Å². The molecular weight excluding hydrogens is 290 g/mol. The Morgan fingerprint density at radius 2 is 1.78 bits per heavy atom. The average molecular weight is 314 g/mol. The zero-order valence-electron chi connectivity index (χ0n) is 11.4. The van der Waals surface area contributed by atoms with Crippen LogP contribution in [-0.4, -0.2) is 16.8 Å². The SMILES string of the molecule is CCC(CC)(CBr)NC(=O)C1C2C3CCC(C3)C12. The van der Waals surface area contributed by atoms with Crippen LogP contribution in [0.15, 0.2) is 0 Å². The Morgan fingerprint density at radius 3 is 2.22 bits per heavy atom. The first-order valence-electron chi connectivity index (χ1n) is 7.53. The Labute approximate surface area is 118 Å². The Morgan fingerprint density at radius 1 is 1.22 bits per heavy atom. The van der Waals surface area contributed by atoms with Crippen LogP contribution in [0.25, 0.3) is 0 Å². The van der Waals surface area contributed by atoms with Gasteiger partial charge in [-0.3, -0.25) is 4.79 Å². The predicted octanol–water partition coefficient (Wildman–Crippen LogP) is 3.35. The molecule has 1 N–H and O–H groups in total. The number of fused-ring (bicyclic) bond motifs is 5. The average Bonchev–Trinajstić information content (AvgIpc) is 2.85. The van der Waals surface area contributed by atoms with Crippen LogP contribution in [-0.2, 0) is 4.79 Å². The largest absolute Gasteiger partial charge is 0.350 e. The van der Waals surface area contributed by atoms with Crippen molar-refractivity contribution < 1.29 is 4.79 Å². The lowest BCUT2D eigenvalue weighted by molar-refractivity contribution is -0.125. The Bertz CT molecular complexity index is 328. The van der Waals surface area contributed by atoms with Gasteiger partial charge in [0.2, 0.25) is 5.91 Å². The maximum atomic E-state index is 12.5. The van der Waals surface area contributed by atoms with Crippen LogP contribution >= 0.6 is 15.9 Å². The number of alkyl halides is 1. The van der Waals surface area contributed by atoms with Gasteiger partial charge in [-0.1, -0.05) is 29.8 Å². The van der Waals surface area contributed by atoms with Crippen LogP contribution in [0.5, 0.6) is 0 Å². The van der Waals surface area contributed by atoms with E-state index in [4.69, 9.17) is 0 Å².